The maximum atomic E-state index is 11.9. The van der Waals surface area contributed by atoms with Gasteiger partial charge in [0.2, 0.25) is 5.91 Å². The third-order valence-electron chi connectivity index (χ3n) is 4.23. The van der Waals surface area contributed by atoms with Crippen LogP contribution in [0.5, 0.6) is 0 Å². The van der Waals surface area contributed by atoms with Gasteiger partial charge in [-0.1, -0.05) is 6.07 Å². The molecule has 1 saturated heterocycles. The number of rotatable bonds is 4. The summed E-state index contributed by atoms with van der Waals surface area (Å²) in [6.45, 7) is 1.93. The van der Waals surface area contributed by atoms with Crippen LogP contribution in [0.1, 0.15) is 0 Å². The van der Waals surface area contributed by atoms with Gasteiger partial charge in [-0.15, -0.1) is 11.3 Å². The maximum Gasteiger partial charge on any atom is 0.241 e. The van der Waals surface area contributed by atoms with Crippen LogP contribution in [-0.2, 0) is 4.79 Å². The average molecular weight is 366 g/mol. The Morgan fingerprint density at radius 2 is 2.04 bits per heavy atom. The molecule has 0 bridgehead atoms. The molecule has 3 aromatic heterocycles. The van der Waals surface area contributed by atoms with Gasteiger partial charge < -0.3 is 15.1 Å². The molecular weight excluding hydrogens is 348 g/mol. The van der Waals surface area contributed by atoms with E-state index in [9.17, 15) is 4.79 Å². The summed E-state index contributed by atoms with van der Waals surface area (Å²) in [4.78, 5) is 29.0. The number of nitrogens with one attached hydrogen (secondary N) is 1. The van der Waals surface area contributed by atoms with Gasteiger partial charge in [0.1, 0.15) is 22.3 Å². The van der Waals surface area contributed by atoms with Crippen LogP contribution in [0.4, 0.5) is 17.3 Å². The number of aromatic nitrogens is 3. The highest BCUT2D eigenvalue weighted by atomic mass is 32.1. The molecule has 3 aromatic rings. The van der Waals surface area contributed by atoms with E-state index >= 15 is 0 Å². The largest absolute Gasteiger partial charge is 0.359 e. The Hall–Kier alpha value is -3.00. The number of amides is 1. The summed E-state index contributed by atoms with van der Waals surface area (Å²) in [6, 6.07) is 9.64. The van der Waals surface area contributed by atoms with Gasteiger partial charge in [-0.05, 0) is 24.3 Å². The maximum absolute atomic E-state index is 11.9. The first-order chi connectivity index (χ1) is 12.7. The van der Waals surface area contributed by atoms with Crippen molar-refractivity contribution in [1.82, 2.24) is 19.9 Å². The molecule has 1 aliphatic rings. The zero-order valence-electron chi connectivity index (χ0n) is 14.3. The predicted octanol–water partition coefficient (Wildman–Crippen LogP) is 2.62. The summed E-state index contributed by atoms with van der Waals surface area (Å²) in [6.07, 6.45) is 3.55. The molecule has 0 aliphatic carbocycles. The third-order valence-corrected chi connectivity index (χ3v) is 5.02. The Balaban J connectivity index is 1.46. The highest BCUT2D eigenvalue weighted by Crippen LogP contribution is 2.23. The lowest BCUT2D eigenvalue weighted by Crippen LogP contribution is -2.48. The van der Waals surface area contributed by atoms with Gasteiger partial charge in [0, 0.05) is 31.7 Å². The van der Waals surface area contributed by atoms with Crippen molar-refractivity contribution in [1.29, 1.82) is 0 Å². The molecule has 1 aliphatic heterocycles. The molecule has 0 radical (unpaired) electrons. The minimum atomic E-state index is 0.127. The summed E-state index contributed by atoms with van der Waals surface area (Å²) >= 11 is 1.56. The summed E-state index contributed by atoms with van der Waals surface area (Å²) in [7, 11) is 1.83. The summed E-state index contributed by atoms with van der Waals surface area (Å²) in [5, 5.41) is 6.03. The molecule has 0 saturated carbocycles. The van der Waals surface area contributed by atoms with E-state index in [-0.39, 0.29) is 5.91 Å². The highest BCUT2D eigenvalue weighted by Gasteiger charge is 2.21. The van der Waals surface area contributed by atoms with E-state index in [1.54, 1.807) is 28.6 Å². The fourth-order valence-corrected chi connectivity index (χ4v) is 3.34. The third kappa shape index (κ3) is 3.50. The molecule has 132 valence electrons. The molecule has 8 heteroatoms. The molecule has 4 heterocycles. The van der Waals surface area contributed by atoms with Gasteiger partial charge in [0.25, 0.3) is 0 Å². The quantitative estimate of drug-likeness (QED) is 0.765. The van der Waals surface area contributed by atoms with E-state index in [1.165, 1.54) is 0 Å². The van der Waals surface area contributed by atoms with E-state index in [2.05, 4.69) is 20.3 Å². The zero-order chi connectivity index (χ0) is 17.9. The van der Waals surface area contributed by atoms with Gasteiger partial charge in [-0.2, -0.15) is 0 Å². The number of likely N-dealkylation sites (N-methyl/N-ethyl adjacent to an activating group) is 1. The molecule has 1 fully saturated rings. The number of pyridine rings is 2. The van der Waals surface area contributed by atoms with Crippen LogP contribution in [-0.4, -0.2) is 52.4 Å². The van der Waals surface area contributed by atoms with Crippen molar-refractivity contribution in [2.45, 2.75) is 0 Å². The molecule has 7 nitrogen and oxygen atoms in total. The summed E-state index contributed by atoms with van der Waals surface area (Å²) < 4.78 is 0. The fourth-order valence-electron chi connectivity index (χ4n) is 2.73. The summed E-state index contributed by atoms with van der Waals surface area (Å²) in [5.41, 5.74) is 1.78. The number of carbonyl (C=O) groups is 1. The van der Waals surface area contributed by atoms with Gasteiger partial charge in [-0.25, -0.2) is 15.0 Å². The van der Waals surface area contributed by atoms with Crippen LogP contribution < -0.4 is 10.2 Å². The Kier molecular flexibility index (Phi) is 4.49. The van der Waals surface area contributed by atoms with Crippen LogP contribution in [0, 0.1) is 0 Å². The minimum Gasteiger partial charge on any atom is -0.359 e. The highest BCUT2D eigenvalue weighted by molar-refractivity contribution is 7.13. The second-order valence-corrected chi connectivity index (χ2v) is 6.90. The number of piperazine rings is 1. The Morgan fingerprint density at radius 1 is 1.12 bits per heavy atom. The van der Waals surface area contributed by atoms with Crippen molar-refractivity contribution in [3.05, 3.63) is 48.1 Å². The first-order valence-corrected chi connectivity index (χ1v) is 9.16. The van der Waals surface area contributed by atoms with Crippen LogP contribution in [0.15, 0.2) is 48.1 Å². The van der Waals surface area contributed by atoms with Crippen molar-refractivity contribution < 1.29 is 4.79 Å². The lowest BCUT2D eigenvalue weighted by atomic mass is 10.2. The normalized spacial score (nSPS) is 14.6. The Labute approximate surface area is 155 Å². The number of anilines is 3. The molecule has 0 aromatic carbocycles. The van der Waals surface area contributed by atoms with Gasteiger partial charge in [-0.3, -0.25) is 4.79 Å². The molecule has 0 atom stereocenters. The number of hydrogen-bond acceptors (Lipinski definition) is 7. The second kappa shape index (κ2) is 7.09. The van der Waals surface area contributed by atoms with Gasteiger partial charge >= 0.3 is 0 Å². The van der Waals surface area contributed by atoms with Crippen molar-refractivity contribution in [2.24, 2.45) is 0 Å². The van der Waals surface area contributed by atoms with Crippen molar-refractivity contribution >= 4 is 34.6 Å². The molecule has 0 unspecified atom stereocenters. The topological polar surface area (TPSA) is 74.2 Å². The van der Waals surface area contributed by atoms with E-state index in [4.69, 9.17) is 0 Å². The molecule has 0 spiro atoms. The first-order valence-electron chi connectivity index (χ1n) is 8.28. The second-order valence-electron chi connectivity index (χ2n) is 6.01. The fraction of sp³-hybridized carbons (Fsp3) is 0.222. The average Bonchev–Trinajstić information content (AvgIpc) is 3.20. The van der Waals surface area contributed by atoms with Crippen LogP contribution in [0.25, 0.3) is 10.7 Å². The minimum absolute atomic E-state index is 0.127. The Bertz CT molecular complexity index is 896. The zero-order valence-corrected chi connectivity index (χ0v) is 15.1. The van der Waals surface area contributed by atoms with E-state index < -0.39 is 0 Å². The smallest absolute Gasteiger partial charge is 0.241 e. The van der Waals surface area contributed by atoms with Gasteiger partial charge in [0.15, 0.2) is 0 Å². The summed E-state index contributed by atoms with van der Waals surface area (Å²) in [5.74, 6) is 1.55. The number of nitrogens with zero attached hydrogens (tertiary/aromatic N) is 5. The number of hydrogen-bond donors (Lipinski definition) is 1. The van der Waals surface area contributed by atoms with Crippen molar-refractivity contribution in [3.8, 4) is 10.7 Å². The molecular formula is C18H18N6OS. The molecule has 4 rings (SSSR count). The van der Waals surface area contributed by atoms with Crippen LogP contribution in [0.3, 0.4) is 0 Å². The molecule has 26 heavy (non-hydrogen) atoms. The van der Waals surface area contributed by atoms with Gasteiger partial charge in [0.05, 0.1) is 18.4 Å². The Morgan fingerprint density at radius 3 is 2.77 bits per heavy atom. The SMILES string of the molecule is CN1CCN(c2ccc(Nc3cccc(-c4nccs4)n3)nc2)CC1=O. The van der Waals surface area contributed by atoms with Crippen molar-refractivity contribution in [2.75, 3.05) is 36.9 Å². The number of thiazole rings is 1. The van der Waals surface area contributed by atoms with E-state index in [0.29, 0.717) is 18.2 Å². The number of carbonyl (C=O) groups excluding carboxylic acids is 1. The lowest BCUT2D eigenvalue weighted by Gasteiger charge is -2.33. The van der Waals surface area contributed by atoms with E-state index in [1.807, 2.05) is 47.7 Å². The van der Waals surface area contributed by atoms with E-state index in [0.717, 1.165) is 29.5 Å². The first kappa shape index (κ1) is 16.5. The lowest BCUT2D eigenvalue weighted by molar-refractivity contribution is -0.129. The van der Waals surface area contributed by atoms with Crippen molar-refractivity contribution in [3.63, 3.8) is 0 Å². The monoisotopic (exact) mass is 366 g/mol. The predicted molar refractivity (Wildman–Crippen MR) is 103 cm³/mol. The molecule has 1 amide bonds. The standard InChI is InChI=1S/C18H18N6OS/c1-23-8-9-24(12-17(23)25)13-5-6-15(20-11-13)22-16-4-2-3-14(21-16)18-19-7-10-26-18/h2-7,10-11H,8-9,12H2,1H3,(H,20,21,22). The molecule has 1 N–H and O–H groups in total. The van der Waals surface area contributed by atoms with Crippen LogP contribution in [0.2, 0.25) is 0 Å². The van der Waals surface area contributed by atoms with Crippen LogP contribution >= 0.6 is 11.3 Å².